The molecule has 0 radical (unpaired) electrons. The van der Waals surface area contributed by atoms with E-state index in [1.165, 1.54) is 11.3 Å². The second kappa shape index (κ2) is 18.7. The Labute approximate surface area is 191 Å². The van der Waals surface area contributed by atoms with E-state index in [1.54, 1.807) is 7.11 Å². The van der Waals surface area contributed by atoms with Crippen LogP contribution in [-0.4, -0.2) is 50.3 Å². The minimum Gasteiger partial charge on any atom is -0.384 e. The van der Waals surface area contributed by atoms with E-state index < -0.39 is 0 Å². The number of anilines is 1. The molecule has 1 fully saturated rings. The lowest BCUT2D eigenvalue weighted by molar-refractivity contribution is -0.0372. The summed E-state index contributed by atoms with van der Waals surface area (Å²) in [4.78, 5) is 5.12. The summed E-state index contributed by atoms with van der Waals surface area (Å²) in [5.41, 5.74) is 2.93. The number of benzene rings is 1. The van der Waals surface area contributed by atoms with Crippen LogP contribution in [0, 0.1) is 12.3 Å². The van der Waals surface area contributed by atoms with Gasteiger partial charge in [-0.05, 0) is 32.9 Å². The number of piperazine rings is 1. The number of aryl methyl sites for hydroxylation is 1. The summed E-state index contributed by atoms with van der Waals surface area (Å²) >= 11 is 0. The lowest BCUT2D eigenvalue weighted by atomic mass is 9.73. The van der Waals surface area contributed by atoms with E-state index in [4.69, 9.17) is 4.74 Å². The molecular formula is C27H56N2O. The highest BCUT2D eigenvalue weighted by Crippen LogP contribution is 2.36. The summed E-state index contributed by atoms with van der Waals surface area (Å²) < 4.78 is 5.45. The zero-order valence-electron chi connectivity index (χ0n) is 23.1. The third-order valence-electron chi connectivity index (χ3n) is 5.63. The van der Waals surface area contributed by atoms with Gasteiger partial charge in [-0.2, -0.15) is 0 Å². The molecule has 180 valence electrons. The number of rotatable bonds is 5. The average molecular weight is 425 g/mol. The highest BCUT2D eigenvalue weighted by molar-refractivity contribution is 5.47. The van der Waals surface area contributed by atoms with Crippen LogP contribution in [0.1, 0.15) is 88.6 Å². The largest absolute Gasteiger partial charge is 0.384 e. The molecule has 2 rings (SSSR count). The molecule has 1 aromatic carbocycles. The second-order valence-electron chi connectivity index (χ2n) is 7.69. The summed E-state index contributed by atoms with van der Waals surface area (Å²) in [6, 6.07) is 8.89. The first-order valence-corrected chi connectivity index (χ1v) is 12.3. The normalized spacial score (nSPS) is 13.9. The molecule has 0 amide bonds. The molecule has 30 heavy (non-hydrogen) atoms. The number of hydrogen-bond donors (Lipinski definition) is 0. The fourth-order valence-corrected chi connectivity index (χ4v) is 3.24. The fraction of sp³-hybridized carbons (Fsp3) is 0.778. The Morgan fingerprint density at radius 3 is 1.50 bits per heavy atom. The minimum absolute atomic E-state index is 0.127. The predicted octanol–water partition coefficient (Wildman–Crippen LogP) is 7.67. The van der Waals surface area contributed by atoms with Crippen molar-refractivity contribution in [2.45, 2.75) is 95.5 Å². The van der Waals surface area contributed by atoms with Gasteiger partial charge in [0, 0.05) is 49.9 Å². The molecule has 0 aromatic heterocycles. The Hall–Kier alpha value is -1.06. The lowest BCUT2D eigenvalue weighted by Crippen LogP contribution is -2.61. The molecule has 0 bridgehead atoms. The molecule has 1 aliphatic rings. The van der Waals surface area contributed by atoms with E-state index in [1.807, 2.05) is 55.4 Å². The van der Waals surface area contributed by atoms with Crippen LogP contribution in [-0.2, 0) is 4.74 Å². The van der Waals surface area contributed by atoms with Crippen LogP contribution in [0.3, 0.4) is 0 Å². The Morgan fingerprint density at radius 1 is 0.733 bits per heavy atom. The first-order valence-electron chi connectivity index (χ1n) is 12.3. The third kappa shape index (κ3) is 10.3. The molecule has 0 spiro atoms. The van der Waals surface area contributed by atoms with Crippen LogP contribution in [0.4, 0.5) is 5.69 Å². The van der Waals surface area contributed by atoms with Gasteiger partial charge in [0.2, 0.25) is 0 Å². The van der Waals surface area contributed by atoms with Crippen LogP contribution in [0.15, 0.2) is 24.3 Å². The summed E-state index contributed by atoms with van der Waals surface area (Å²) in [6.45, 7) is 32.7. The molecule has 3 heteroatoms. The van der Waals surface area contributed by atoms with Gasteiger partial charge in [0.1, 0.15) is 0 Å². The molecule has 0 unspecified atom stereocenters. The smallest absolute Gasteiger partial charge is 0.0530 e. The van der Waals surface area contributed by atoms with Gasteiger partial charge in [0.05, 0.1) is 6.61 Å². The van der Waals surface area contributed by atoms with Crippen LogP contribution in [0.25, 0.3) is 0 Å². The monoisotopic (exact) mass is 424 g/mol. The minimum atomic E-state index is 0.127. The van der Waals surface area contributed by atoms with Gasteiger partial charge >= 0.3 is 0 Å². The molecule has 1 aliphatic heterocycles. The predicted molar refractivity (Wildman–Crippen MR) is 140 cm³/mol. The van der Waals surface area contributed by atoms with Crippen molar-refractivity contribution in [1.82, 2.24) is 4.90 Å². The highest BCUT2D eigenvalue weighted by atomic mass is 16.5. The van der Waals surface area contributed by atoms with Crippen molar-refractivity contribution < 1.29 is 4.74 Å². The first kappa shape index (κ1) is 33.6. The van der Waals surface area contributed by atoms with Crippen LogP contribution in [0.2, 0.25) is 0 Å². The third-order valence-corrected chi connectivity index (χ3v) is 5.63. The molecule has 1 aromatic rings. The molecule has 1 heterocycles. The van der Waals surface area contributed by atoms with Crippen LogP contribution < -0.4 is 4.90 Å². The van der Waals surface area contributed by atoms with Crippen molar-refractivity contribution in [3.63, 3.8) is 0 Å². The van der Waals surface area contributed by atoms with Gasteiger partial charge in [0.25, 0.3) is 0 Å². The van der Waals surface area contributed by atoms with E-state index in [0.29, 0.717) is 0 Å². The zero-order chi connectivity index (χ0) is 24.4. The van der Waals surface area contributed by atoms with Crippen LogP contribution in [0.5, 0.6) is 0 Å². The standard InChI is InChI=1S/C19H32N2O.4C2H6/c1-16-7-9-17(10-8-16)20-11-13-21(14-12-20)19(4,5)18(2,3)15-22-6;4*1-2/h7-10H,11-15H2,1-6H3;4*1-2H3. The number of methoxy groups -OCH3 is 1. The quantitative estimate of drug-likeness (QED) is 0.482. The summed E-state index contributed by atoms with van der Waals surface area (Å²) in [7, 11) is 1.80. The number of ether oxygens (including phenoxy) is 1. The average Bonchev–Trinajstić information content (AvgIpc) is 2.80. The maximum absolute atomic E-state index is 5.45. The van der Waals surface area contributed by atoms with Crippen LogP contribution >= 0.6 is 0 Å². The molecule has 0 saturated carbocycles. The number of hydrogen-bond acceptors (Lipinski definition) is 3. The molecule has 3 nitrogen and oxygen atoms in total. The SMILES string of the molecule is CC.CC.CC.CC.COCC(C)(C)C(C)(C)N1CCN(c2ccc(C)cc2)CC1. The maximum atomic E-state index is 5.45. The summed E-state index contributed by atoms with van der Waals surface area (Å²) in [5.74, 6) is 0. The molecule has 0 N–H and O–H groups in total. The molecule has 1 saturated heterocycles. The Bertz CT molecular complexity index is 472. The maximum Gasteiger partial charge on any atom is 0.0530 e. The molecular weight excluding hydrogens is 368 g/mol. The van der Waals surface area contributed by atoms with Crippen molar-refractivity contribution in [2.24, 2.45) is 5.41 Å². The number of nitrogens with zero attached hydrogens (tertiary/aromatic N) is 2. The van der Waals surface area contributed by atoms with E-state index in [9.17, 15) is 0 Å². The summed E-state index contributed by atoms with van der Waals surface area (Å²) in [5, 5.41) is 0. The van der Waals surface area contributed by atoms with E-state index >= 15 is 0 Å². The Kier molecular flexibility index (Phi) is 20.9. The van der Waals surface area contributed by atoms with Crippen molar-refractivity contribution in [1.29, 1.82) is 0 Å². The van der Waals surface area contributed by atoms with Crippen molar-refractivity contribution >= 4 is 5.69 Å². The van der Waals surface area contributed by atoms with Gasteiger partial charge in [-0.1, -0.05) is 86.9 Å². The summed E-state index contributed by atoms with van der Waals surface area (Å²) in [6.07, 6.45) is 0. The van der Waals surface area contributed by atoms with Gasteiger partial charge in [0.15, 0.2) is 0 Å². The Balaban J connectivity index is -0.000000815. The van der Waals surface area contributed by atoms with Gasteiger partial charge in [-0.15, -0.1) is 0 Å². The van der Waals surface area contributed by atoms with Crippen molar-refractivity contribution in [3.8, 4) is 0 Å². The molecule has 0 atom stereocenters. The second-order valence-corrected chi connectivity index (χ2v) is 7.69. The van der Waals surface area contributed by atoms with Crippen molar-refractivity contribution in [2.75, 3.05) is 44.8 Å². The van der Waals surface area contributed by atoms with E-state index in [-0.39, 0.29) is 11.0 Å². The van der Waals surface area contributed by atoms with Gasteiger partial charge in [-0.3, -0.25) is 4.90 Å². The topological polar surface area (TPSA) is 15.7 Å². The van der Waals surface area contributed by atoms with Gasteiger partial charge < -0.3 is 9.64 Å². The molecule has 0 aliphatic carbocycles. The Morgan fingerprint density at radius 2 is 1.13 bits per heavy atom. The zero-order valence-corrected chi connectivity index (χ0v) is 23.1. The van der Waals surface area contributed by atoms with E-state index in [0.717, 1.165) is 32.8 Å². The van der Waals surface area contributed by atoms with Crippen molar-refractivity contribution in [3.05, 3.63) is 29.8 Å². The van der Waals surface area contributed by atoms with Gasteiger partial charge in [-0.25, -0.2) is 0 Å². The lowest BCUT2D eigenvalue weighted by Gasteiger charge is -2.52. The first-order chi connectivity index (χ1) is 14.3. The fourth-order valence-electron chi connectivity index (χ4n) is 3.24. The highest BCUT2D eigenvalue weighted by Gasteiger charge is 2.42. The van der Waals surface area contributed by atoms with E-state index in [2.05, 4.69) is 68.7 Å².